The molecule has 0 aromatic heterocycles. The SMILES string of the molecule is C=CC[C@H](/C=C(\C)C=O)C(c1ccc(N(C)C)cc1)c1ccc(N(C)C)cc1. The highest BCUT2D eigenvalue weighted by atomic mass is 16.1. The quantitative estimate of drug-likeness (QED) is 0.338. The molecule has 0 radical (unpaired) electrons. The minimum Gasteiger partial charge on any atom is -0.378 e. The molecule has 0 bridgehead atoms. The van der Waals surface area contributed by atoms with Crippen LogP contribution in [-0.4, -0.2) is 34.5 Å². The predicted molar refractivity (Wildman–Crippen MR) is 122 cm³/mol. The number of hydrogen-bond donors (Lipinski definition) is 0. The molecule has 3 nitrogen and oxygen atoms in total. The lowest BCUT2D eigenvalue weighted by molar-refractivity contribution is -0.104. The molecule has 0 N–H and O–H groups in total. The number of nitrogens with zero attached hydrogens (tertiary/aromatic N) is 2. The Morgan fingerprint density at radius 1 is 0.893 bits per heavy atom. The fourth-order valence-corrected chi connectivity index (χ4v) is 3.52. The van der Waals surface area contributed by atoms with E-state index < -0.39 is 0 Å². The zero-order chi connectivity index (χ0) is 20.7. The van der Waals surface area contributed by atoms with E-state index >= 15 is 0 Å². The summed E-state index contributed by atoms with van der Waals surface area (Å²) in [7, 11) is 8.18. The summed E-state index contributed by atoms with van der Waals surface area (Å²) in [6, 6.07) is 17.4. The van der Waals surface area contributed by atoms with E-state index in [0.29, 0.717) is 0 Å². The molecular formula is C25H32N2O. The number of aldehydes is 1. The largest absolute Gasteiger partial charge is 0.378 e. The first-order valence-corrected chi connectivity index (χ1v) is 9.66. The van der Waals surface area contributed by atoms with E-state index in [2.05, 4.69) is 71.0 Å². The molecule has 0 aliphatic carbocycles. The fourth-order valence-electron chi connectivity index (χ4n) is 3.52. The van der Waals surface area contributed by atoms with Crippen LogP contribution in [0.25, 0.3) is 0 Å². The smallest absolute Gasteiger partial charge is 0.145 e. The Labute approximate surface area is 170 Å². The first kappa shape index (κ1) is 21.5. The van der Waals surface area contributed by atoms with Crippen molar-refractivity contribution in [1.29, 1.82) is 0 Å². The second-order valence-electron chi connectivity index (χ2n) is 7.67. The molecule has 0 saturated heterocycles. The van der Waals surface area contributed by atoms with E-state index in [0.717, 1.165) is 18.3 Å². The summed E-state index contributed by atoms with van der Waals surface area (Å²) in [5, 5.41) is 0. The van der Waals surface area contributed by atoms with Crippen LogP contribution in [0.4, 0.5) is 11.4 Å². The predicted octanol–water partition coefficient (Wildman–Crippen LogP) is 5.29. The Kier molecular flexibility index (Phi) is 7.62. The van der Waals surface area contributed by atoms with Crippen molar-refractivity contribution in [2.75, 3.05) is 38.0 Å². The first-order valence-electron chi connectivity index (χ1n) is 9.66. The highest BCUT2D eigenvalue weighted by Gasteiger charge is 2.23. The average Bonchev–Trinajstić information content (AvgIpc) is 2.69. The van der Waals surface area contributed by atoms with Crippen molar-refractivity contribution in [3.8, 4) is 0 Å². The first-order chi connectivity index (χ1) is 13.4. The third-order valence-corrected chi connectivity index (χ3v) is 5.07. The van der Waals surface area contributed by atoms with Crippen molar-refractivity contribution < 1.29 is 4.79 Å². The molecule has 3 heteroatoms. The summed E-state index contributed by atoms with van der Waals surface area (Å²) in [4.78, 5) is 15.5. The van der Waals surface area contributed by atoms with Gasteiger partial charge in [0.15, 0.2) is 0 Å². The van der Waals surface area contributed by atoms with Gasteiger partial charge in [-0.1, -0.05) is 36.4 Å². The summed E-state index contributed by atoms with van der Waals surface area (Å²) >= 11 is 0. The summed E-state index contributed by atoms with van der Waals surface area (Å²) < 4.78 is 0. The number of anilines is 2. The number of carbonyl (C=O) groups excluding carboxylic acids is 1. The molecular weight excluding hydrogens is 344 g/mol. The molecule has 0 amide bonds. The van der Waals surface area contributed by atoms with Crippen LogP contribution < -0.4 is 9.80 Å². The average molecular weight is 377 g/mol. The maximum absolute atomic E-state index is 11.3. The lowest BCUT2D eigenvalue weighted by Crippen LogP contribution is -2.15. The second kappa shape index (κ2) is 9.93. The molecule has 0 aliphatic rings. The molecule has 28 heavy (non-hydrogen) atoms. The lowest BCUT2D eigenvalue weighted by Gasteiger charge is -2.27. The normalized spacial score (nSPS) is 12.6. The van der Waals surface area contributed by atoms with Crippen LogP contribution in [0.15, 0.2) is 72.8 Å². The van der Waals surface area contributed by atoms with Gasteiger partial charge in [0.1, 0.15) is 6.29 Å². The van der Waals surface area contributed by atoms with Gasteiger partial charge >= 0.3 is 0 Å². The van der Waals surface area contributed by atoms with Crippen LogP contribution in [0.1, 0.15) is 30.4 Å². The second-order valence-corrected chi connectivity index (χ2v) is 7.67. The molecule has 0 fully saturated rings. The van der Waals surface area contributed by atoms with Gasteiger partial charge in [-0.3, -0.25) is 4.79 Å². The van der Waals surface area contributed by atoms with Gasteiger partial charge in [0.05, 0.1) is 0 Å². The third-order valence-electron chi connectivity index (χ3n) is 5.07. The molecule has 0 saturated carbocycles. The van der Waals surface area contributed by atoms with Crippen LogP contribution in [0.2, 0.25) is 0 Å². The van der Waals surface area contributed by atoms with E-state index in [1.54, 1.807) is 0 Å². The minimum atomic E-state index is 0.153. The highest BCUT2D eigenvalue weighted by molar-refractivity contribution is 5.72. The van der Waals surface area contributed by atoms with Crippen LogP contribution in [-0.2, 0) is 4.79 Å². The molecule has 0 aliphatic heterocycles. The zero-order valence-corrected chi connectivity index (χ0v) is 17.7. The minimum absolute atomic E-state index is 0.153. The standard InChI is InChI=1S/C25H32N2O/c1-7-8-22(17-19(2)18-28)25(20-9-13-23(14-10-20)26(3)4)21-11-15-24(16-12-21)27(5)6/h7,9-18,22,25H,1,8H2,2-6H3/b19-17+/t22-/m1/s1. The Hall–Kier alpha value is -2.81. The fraction of sp³-hybridized carbons (Fsp3) is 0.320. The number of rotatable bonds is 9. The Morgan fingerprint density at radius 2 is 1.32 bits per heavy atom. The zero-order valence-electron chi connectivity index (χ0n) is 17.7. The maximum atomic E-state index is 11.3. The van der Waals surface area contributed by atoms with Crippen LogP contribution in [0.3, 0.4) is 0 Å². The van der Waals surface area contributed by atoms with Crippen molar-refractivity contribution >= 4 is 17.7 Å². The van der Waals surface area contributed by atoms with Gasteiger partial charge in [0, 0.05) is 45.5 Å². The number of allylic oxidation sites excluding steroid dienone is 3. The van der Waals surface area contributed by atoms with E-state index in [-0.39, 0.29) is 11.8 Å². The number of carbonyl (C=O) groups is 1. The summed E-state index contributed by atoms with van der Waals surface area (Å²) in [5.74, 6) is 0.318. The number of benzene rings is 2. The monoisotopic (exact) mass is 376 g/mol. The van der Waals surface area contributed by atoms with Crippen molar-refractivity contribution in [2.45, 2.75) is 19.3 Å². The molecule has 148 valence electrons. The molecule has 2 rings (SSSR count). The van der Waals surface area contributed by atoms with Gasteiger partial charge in [0.2, 0.25) is 0 Å². The van der Waals surface area contributed by atoms with Gasteiger partial charge in [-0.05, 0) is 60.2 Å². The van der Waals surface area contributed by atoms with E-state index in [9.17, 15) is 4.79 Å². The van der Waals surface area contributed by atoms with Crippen LogP contribution in [0.5, 0.6) is 0 Å². The topological polar surface area (TPSA) is 23.6 Å². The summed E-state index contributed by atoms with van der Waals surface area (Å²) in [5.41, 5.74) is 5.58. The molecule has 1 atom stereocenters. The molecule has 0 unspecified atom stereocenters. The van der Waals surface area contributed by atoms with E-state index in [1.165, 1.54) is 22.5 Å². The number of hydrogen-bond acceptors (Lipinski definition) is 3. The van der Waals surface area contributed by atoms with Crippen LogP contribution in [0, 0.1) is 5.92 Å². The van der Waals surface area contributed by atoms with Gasteiger partial charge in [-0.15, -0.1) is 6.58 Å². The van der Waals surface area contributed by atoms with Gasteiger partial charge in [-0.25, -0.2) is 0 Å². The Bertz CT molecular complexity index is 750. The summed E-state index contributed by atoms with van der Waals surface area (Å²) in [6.45, 7) is 5.81. The van der Waals surface area contributed by atoms with Gasteiger partial charge in [-0.2, -0.15) is 0 Å². The van der Waals surface area contributed by atoms with Crippen molar-refractivity contribution in [3.63, 3.8) is 0 Å². The van der Waals surface area contributed by atoms with Crippen molar-refractivity contribution in [2.24, 2.45) is 5.92 Å². The molecule has 2 aromatic carbocycles. The molecule has 0 heterocycles. The molecule has 0 spiro atoms. The van der Waals surface area contributed by atoms with Gasteiger partial charge < -0.3 is 9.80 Å². The van der Waals surface area contributed by atoms with E-state index in [1.807, 2.05) is 41.2 Å². The highest BCUT2D eigenvalue weighted by Crippen LogP contribution is 2.37. The van der Waals surface area contributed by atoms with Crippen molar-refractivity contribution in [1.82, 2.24) is 0 Å². The Balaban J connectivity index is 2.55. The summed E-state index contributed by atoms with van der Waals surface area (Å²) in [6.07, 6.45) is 5.76. The lowest BCUT2D eigenvalue weighted by atomic mass is 9.78. The van der Waals surface area contributed by atoms with Gasteiger partial charge in [0.25, 0.3) is 0 Å². The maximum Gasteiger partial charge on any atom is 0.145 e. The van der Waals surface area contributed by atoms with E-state index in [4.69, 9.17) is 0 Å². The van der Waals surface area contributed by atoms with Crippen molar-refractivity contribution in [3.05, 3.63) is 84.0 Å². The third kappa shape index (κ3) is 5.35. The Morgan fingerprint density at radius 3 is 1.64 bits per heavy atom. The molecule has 2 aromatic rings. The van der Waals surface area contributed by atoms with Crippen LogP contribution >= 0.6 is 0 Å².